The Morgan fingerprint density at radius 3 is 2.85 bits per heavy atom. The van der Waals surface area contributed by atoms with Gasteiger partial charge in [-0.3, -0.25) is 14.6 Å². The second kappa shape index (κ2) is 9.93. The summed E-state index contributed by atoms with van der Waals surface area (Å²) in [4.78, 5) is 32.7. The highest BCUT2D eigenvalue weighted by molar-refractivity contribution is 7.12. The Kier molecular flexibility index (Phi) is 7.00. The van der Waals surface area contributed by atoms with E-state index in [0.717, 1.165) is 32.8 Å². The first-order chi connectivity index (χ1) is 15.8. The quantitative estimate of drug-likeness (QED) is 0.551. The summed E-state index contributed by atoms with van der Waals surface area (Å²) in [6.07, 6.45) is 1.91. The molecule has 3 heterocycles. The standard InChI is InChI=1S/C25H26ClN3O3S/c1-15-8-10-33-23(15)24(30)28-13-22-16(2)27-12-18-14-29(9-7-21(18)22)25(31)17(3)32-20-6-4-5-19(26)11-20/h4-6,8,10-12,17H,7,9,13-14H2,1-3H3,(H,28,30)/t17-/m1/s1. The van der Waals surface area contributed by atoms with E-state index in [1.165, 1.54) is 11.3 Å². The number of carbonyl (C=O) groups is 2. The van der Waals surface area contributed by atoms with E-state index >= 15 is 0 Å². The minimum Gasteiger partial charge on any atom is -0.481 e. The van der Waals surface area contributed by atoms with E-state index in [1.54, 1.807) is 36.1 Å². The molecule has 1 aromatic carbocycles. The molecule has 1 atom stereocenters. The lowest BCUT2D eigenvalue weighted by Crippen LogP contribution is -2.43. The fourth-order valence-corrected chi connectivity index (χ4v) is 5.07. The van der Waals surface area contributed by atoms with E-state index in [1.807, 2.05) is 31.5 Å². The number of hydrogen-bond acceptors (Lipinski definition) is 5. The molecule has 172 valence electrons. The molecule has 6 nitrogen and oxygen atoms in total. The fraction of sp³-hybridized carbons (Fsp3) is 0.320. The molecule has 1 aliphatic rings. The number of aryl methyl sites for hydroxylation is 2. The van der Waals surface area contributed by atoms with E-state index < -0.39 is 6.10 Å². The van der Waals surface area contributed by atoms with Crippen LogP contribution in [0.4, 0.5) is 0 Å². The lowest BCUT2D eigenvalue weighted by atomic mass is 9.94. The fourth-order valence-electron chi connectivity index (χ4n) is 4.05. The number of amides is 2. The number of pyridine rings is 1. The highest BCUT2D eigenvalue weighted by Crippen LogP contribution is 2.26. The summed E-state index contributed by atoms with van der Waals surface area (Å²) in [6.45, 7) is 7.11. The van der Waals surface area contributed by atoms with Crippen molar-refractivity contribution >= 4 is 34.8 Å². The smallest absolute Gasteiger partial charge is 0.263 e. The number of rotatable bonds is 6. The molecule has 0 bridgehead atoms. The Bertz CT molecular complexity index is 1190. The third kappa shape index (κ3) is 5.20. The molecule has 0 radical (unpaired) electrons. The zero-order chi connectivity index (χ0) is 23.5. The second-order valence-corrected chi connectivity index (χ2v) is 9.52. The molecule has 0 spiro atoms. The van der Waals surface area contributed by atoms with Gasteiger partial charge in [-0.1, -0.05) is 17.7 Å². The van der Waals surface area contributed by atoms with Gasteiger partial charge in [0.2, 0.25) is 0 Å². The van der Waals surface area contributed by atoms with Gasteiger partial charge >= 0.3 is 0 Å². The molecule has 0 fully saturated rings. The summed E-state index contributed by atoms with van der Waals surface area (Å²) in [7, 11) is 0. The molecule has 0 saturated carbocycles. The number of nitrogens with one attached hydrogen (secondary N) is 1. The number of hydrogen-bond donors (Lipinski definition) is 1. The normalized spacial score (nSPS) is 13.9. The molecular weight excluding hydrogens is 458 g/mol. The van der Waals surface area contributed by atoms with Crippen molar-refractivity contribution < 1.29 is 14.3 Å². The third-order valence-electron chi connectivity index (χ3n) is 5.86. The van der Waals surface area contributed by atoms with Crippen LogP contribution >= 0.6 is 22.9 Å². The van der Waals surface area contributed by atoms with Crippen molar-refractivity contribution in [1.29, 1.82) is 0 Å². The summed E-state index contributed by atoms with van der Waals surface area (Å²) < 4.78 is 5.81. The molecule has 0 aliphatic carbocycles. The Morgan fingerprint density at radius 2 is 2.12 bits per heavy atom. The van der Waals surface area contributed by atoms with Gasteiger partial charge < -0.3 is 15.0 Å². The van der Waals surface area contributed by atoms with Crippen LogP contribution in [-0.4, -0.2) is 34.3 Å². The van der Waals surface area contributed by atoms with Crippen molar-refractivity contribution in [2.45, 2.75) is 46.4 Å². The van der Waals surface area contributed by atoms with Gasteiger partial charge in [0.05, 0.1) is 4.88 Å². The van der Waals surface area contributed by atoms with Crippen molar-refractivity contribution in [2.75, 3.05) is 6.54 Å². The summed E-state index contributed by atoms with van der Waals surface area (Å²) in [5, 5.41) is 5.52. The maximum Gasteiger partial charge on any atom is 0.263 e. The van der Waals surface area contributed by atoms with Gasteiger partial charge in [-0.15, -0.1) is 11.3 Å². The average Bonchev–Trinajstić information content (AvgIpc) is 3.23. The zero-order valence-corrected chi connectivity index (χ0v) is 20.4. The molecular formula is C25H26ClN3O3S. The highest BCUT2D eigenvalue weighted by atomic mass is 35.5. The SMILES string of the molecule is Cc1ccsc1C(=O)NCc1c(C)ncc2c1CCN(C(=O)[C@@H](C)Oc1cccc(Cl)c1)C2. The van der Waals surface area contributed by atoms with Crippen LogP contribution in [0.5, 0.6) is 5.75 Å². The topological polar surface area (TPSA) is 71.5 Å². The van der Waals surface area contributed by atoms with E-state index in [9.17, 15) is 9.59 Å². The molecule has 2 aromatic heterocycles. The maximum atomic E-state index is 13.0. The lowest BCUT2D eigenvalue weighted by molar-refractivity contribution is -0.138. The lowest BCUT2D eigenvalue weighted by Gasteiger charge is -2.32. The van der Waals surface area contributed by atoms with Crippen LogP contribution in [0, 0.1) is 13.8 Å². The van der Waals surface area contributed by atoms with Crippen LogP contribution in [0.1, 0.15) is 44.5 Å². The highest BCUT2D eigenvalue weighted by Gasteiger charge is 2.28. The largest absolute Gasteiger partial charge is 0.481 e. The number of fused-ring (bicyclic) bond motifs is 1. The van der Waals surface area contributed by atoms with E-state index in [0.29, 0.717) is 36.8 Å². The van der Waals surface area contributed by atoms with Crippen LogP contribution in [0.15, 0.2) is 41.9 Å². The van der Waals surface area contributed by atoms with Crippen molar-refractivity contribution in [2.24, 2.45) is 0 Å². The molecule has 8 heteroatoms. The van der Waals surface area contributed by atoms with Gasteiger partial charge in [0.15, 0.2) is 6.10 Å². The number of halogens is 1. The van der Waals surface area contributed by atoms with Crippen LogP contribution < -0.4 is 10.1 Å². The molecule has 2 amide bonds. The van der Waals surface area contributed by atoms with Gasteiger partial charge in [0, 0.05) is 36.5 Å². The second-order valence-electron chi connectivity index (χ2n) is 8.17. The Hall–Kier alpha value is -2.90. The molecule has 1 aliphatic heterocycles. The van der Waals surface area contributed by atoms with Crippen molar-refractivity contribution in [3.8, 4) is 5.75 Å². The summed E-state index contributed by atoms with van der Waals surface area (Å²) in [5.74, 6) is 0.417. The van der Waals surface area contributed by atoms with Crippen LogP contribution in [-0.2, 0) is 24.3 Å². The van der Waals surface area contributed by atoms with Gasteiger partial charge in [-0.05, 0) is 79.1 Å². The Balaban J connectivity index is 1.44. The minimum absolute atomic E-state index is 0.0703. The third-order valence-corrected chi connectivity index (χ3v) is 7.11. The van der Waals surface area contributed by atoms with Gasteiger partial charge in [0.1, 0.15) is 5.75 Å². The Morgan fingerprint density at radius 1 is 1.30 bits per heavy atom. The van der Waals surface area contributed by atoms with Crippen molar-refractivity contribution in [3.63, 3.8) is 0 Å². The van der Waals surface area contributed by atoms with Crippen molar-refractivity contribution in [1.82, 2.24) is 15.2 Å². The van der Waals surface area contributed by atoms with E-state index in [4.69, 9.17) is 16.3 Å². The predicted octanol–water partition coefficient (Wildman–Crippen LogP) is 4.70. The average molecular weight is 484 g/mol. The maximum absolute atomic E-state index is 13.0. The molecule has 1 N–H and O–H groups in total. The van der Waals surface area contributed by atoms with Gasteiger partial charge in [-0.2, -0.15) is 0 Å². The van der Waals surface area contributed by atoms with Crippen LogP contribution in [0.25, 0.3) is 0 Å². The zero-order valence-electron chi connectivity index (χ0n) is 18.9. The van der Waals surface area contributed by atoms with Crippen LogP contribution in [0.3, 0.4) is 0 Å². The number of thiophene rings is 1. The molecule has 33 heavy (non-hydrogen) atoms. The predicted molar refractivity (Wildman–Crippen MR) is 130 cm³/mol. The first kappa shape index (κ1) is 23.3. The molecule has 4 rings (SSSR count). The number of nitrogens with zero attached hydrogens (tertiary/aromatic N) is 2. The molecule has 3 aromatic rings. The number of benzene rings is 1. The minimum atomic E-state index is -0.629. The first-order valence-electron chi connectivity index (χ1n) is 10.8. The van der Waals surface area contributed by atoms with E-state index in [-0.39, 0.29) is 11.8 Å². The summed E-state index contributed by atoms with van der Waals surface area (Å²) in [5.41, 5.74) is 5.08. The Labute approximate surface area is 202 Å². The molecule has 0 unspecified atom stereocenters. The first-order valence-corrected chi connectivity index (χ1v) is 12.1. The monoisotopic (exact) mass is 483 g/mol. The molecule has 0 saturated heterocycles. The van der Waals surface area contributed by atoms with E-state index in [2.05, 4.69) is 10.3 Å². The van der Waals surface area contributed by atoms with Crippen LogP contribution in [0.2, 0.25) is 5.02 Å². The van der Waals surface area contributed by atoms with Gasteiger partial charge in [0.25, 0.3) is 11.8 Å². The van der Waals surface area contributed by atoms with Gasteiger partial charge in [-0.25, -0.2) is 0 Å². The summed E-state index contributed by atoms with van der Waals surface area (Å²) in [6, 6.07) is 8.98. The number of carbonyl (C=O) groups excluding carboxylic acids is 2. The summed E-state index contributed by atoms with van der Waals surface area (Å²) >= 11 is 7.46. The number of aromatic nitrogens is 1. The van der Waals surface area contributed by atoms with Crippen molar-refractivity contribution in [3.05, 3.63) is 79.8 Å². The number of ether oxygens (including phenoxy) is 1.